The van der Waals surface area contributed by atoms with Crippen LogP contribution in [0, 0.1) is 11.3 Å². The Morgan fingerprint density at radius 3 is 2.19 bits per heavy atom. The Balaban J connectivity index is 2.05. The number of carbonyl (C=O) groups is 2. The number of ether oxygens (including phenoxy) is 3. The van der Waals surface area contributed by atoms with E-state index in [0.717, 1.165) is 5.56 Å². The molecule has 1 atom stereocenters. The van der Waals surface area contributed by atoms with E-state index < -0.39 is 18.0 Å². The maximum atomic E-state index is 12.4. The second-order valence-electron chi connectivity index (χ2n) is 7.10. The molecule has 0 radical (unpaired) electrons. The van der Waals surface area contributed by atoms with Crippen LogP contribution in [-0.4, -0.2) is 32.2 Å². The Bertz CT molecular complexity index is 1000. The number of hydrogen-bond donors (Lipinski definition) is 1. The van der Waals surface area contributed by atoms with Gasteiger partial charge in [-0.15, -0.1) is 0 Å². The minimum absolute atomic E-state index is 0.192. The predicted molar refractivity (Wildman–Crippen MR) is 118 cm³/mol. The molecule has 0 unspecified atom stereocenters. The lowest BCUT2D eigenvalue weighted by atomic mass is 10.0. The first-order chi connectivity index (χ1) is 14.8. The summed E-state index contributed by atoms with van der Waals surface area (Å²) in [6, 6.07) is 14.2. The molecule has 1 N–H and O–H groups in total. The zero-order valence-electron chi connectivity index (χ0n) is 18.3. The number of nitrogens with one attached hydrogen (secondary N) is 1. The van der Waals surface area contributed by atoms with Gasteiger partial charge in [-0.2, -0.15) is 5.26 Å². The highest BCUT2D eigenvalue weighted by atomic mass is 16.5. The van der Waals surface area contributed by atoms with Gasteiger partial charge in [-0.05, 0) is 42.2 Å². The SMILES string of the molecule is COc1ccc(NC(=O)[C@@H](C)OC(=O)/C(C#N)=C/c2ccc(C(C)C)cc2)cc1OC. The molecule has 0 saturated carbocycles. The third-order valence-corrected chi connectivity index (χ3v) is 4.56. The number of amides is 1. The lowest BCUT2D eigenvalue weighted by Crippen LogP contribution is -2.30. The molecule has 7 nitrogen and oxygen atoms in total. The highest BCUT2D eigenvalue weighted by Crippen LogP contribution is 2.29. The van der Waals surface area contributed by atoms with Crippen LogP contribution in [0.4, 0.5) is 5.69 Å². The van der Waals surface area contributed by atoms with Crippen LogP contribution in [0.5, 0.6) is 11.5 Å². The topological polar surface area (TPSA) is 97.6 Å². The van der Waals surface area contributed by atoms with Gasteiger partial charge in [0.05, 0.1) is 14.2 Å². The standard InChI is InChI=1S/C24H26N2O5/c1-15(2)18-8-6-17(7-9-18)12-19(14-25)24(28)31-16(3)23(27)26-20-10-11-21(29-4)22(13-20)30-5/h6-13,15-16H,1-5H3,(H,26,27)/b19-12+/t16-/m1/s1. The van der Waals surface area contributed by atoms with Crippen LogP contribution in [-0.2, 0) is 14.3 Å². The van der Waals surface area contributed by atoms with Gasteiger partial charge in [0, 0.05) is 11.8 Å². The highest BCUT2D eigenvalue weighted by molar-refractivity contribution is 6.01. The van der Waals surface area contributed by atoms with Crippen molar-refractivity contribution in [1.29, 1.82) is 5.26 Å². The normalized spacial score (nSPS) is 12.0. The van der Waals surface area contributed by atoms with Gasteiger partial charge < -0.3 is 19.5 Å². The van der Waals surface area contributed by atoms with Gasteiger partial charge in [0.1, 0.15) is 11.6 Å². The Hall–Kier alpha value is -3.79. The van der Waals surface area contributed by atoms with Gasteiger partial charge in [-0.3, -0.25) is 4.79 Å². The van der Waals surface area contributed by atoms with E-state index >= 15 is 0 Å². The first-order valence-corrected chi connectivity index (χ1v) is 9.74. The molecule has 0 aliphatic carbocycles. The third-order valence-electron chi connectivity index (χ3n) is 4.56. The lowest BCUT2D eigenvalue weighted by molar-refractivity contribution is -0.148. The number of methoxy groups -OCH3 is 2. The molecule has 31 heavy (non-hydrogen) atoms. The number of nitrogens with zero attached hydrogens (tertiary/aromatic N) is 1. The summed E-state index contributed by atoms with van der Waals surface area (Å²) in [7, 11) is 3.00. The summed E-state index contributed by atoms with van der Waals surface area (Å²) in [5, 5.41) is 12.0. The zero-order valence-corrected chi connectivity index (χ0v) is 18.3. The molecule has 0 aromatic heterocycles. The van der Waals surface area contributed by atoms with Crippen molar-refractivity contribution in [1.82, 2.24) is 0 Å². The summed E-state index contributed by atoms with van der Waals surface area (Å²) in [5.74, 6) is -0.0682. The maximum Gasteiger partial charge on any atom is 0.349 e. The van der Waals surface area contributed by atoms with Crippen molar-refractivity contribution in [2.45, 2.75) is 32.8 Å². The van der Waals surface area contributed by atoms with Gasteiger partial charge in [-0.1, -0.05) is 38.1 Å². The summed E-state index contributed by atoms with van der Waals surface area (Å²) in [5.41, 5.74) is 2.11. The van der Waals surface area contributed by atoms with E-state index in [9.17, 15) is 14.9 Å². The van der Waals surface area contributed by atoms with E-state index in [2.05, 4.69) is 19.2 Å². The average molecular weight is 422 g/mol. The van der Waals surface area contributed by atoms with Gasteiger partial charge in [0.2, 0.25) is 0 Å². The Kier molecular flexibility index (Phi) is 8.21. The van der Waals surface area contributed by atoms with Gasteiger partial charge in [-0.25, -0.2) is 4.79 Å². The summed E-state index contributed by atoms with van der Waals surface area (Å²) in [6.45, 7) is 5.59. The van der Waals surface area contributed by atoms with Crippen LogP contribution in [0.1, 0.15) is 37.8 Å². The van der Waals surface area contributed by atoms with Crippen molar-refractivity contribution < 1.29 is 23.8 Å². The van der Waals surface area contributed by atoms with E-state index in [0.29, 0.717) is 28.7 Å². The zero-order chi connectivity index (χ0) is 23.0. The van der Waals surface area contributed by atoms with Gasteiger partial charge in [0.15, 0.2) is 17.6 Å². The molecule has 0 fully saturated rings. The third kappa shape index (κ3) is 6.34. The average Bonchev–Trinajstić information content (AvgIpc) is 2.77. The van der Waals surface area contributed by atoms with Crippen LogP contribution >= 0.6 is 0 Å². The number of hydrogen-bond acceptors (Lipinski definition) is 6. The van der Waals surface area contributed by atoms with Crippen molar-refractivity contribution in [3.63, 3.8) is 0 Å². The van der Waals surface area contributed by atoms with Crippen molar-refractivity contribution in [2.24, 2.45) is 0 Å². The number of benzene rings is 2. The van der Waals surface area contributed by atoms with E-state index in [1.54, 1.807) is 18.2 Å². The molecule has 0 aliphatic heterocycles. The number of rotatable bonds is 8. The Morgan fingerprint density at radius 2 is 1.65 bits per heavy atom. The summed E-state index contributed by atoms with van der Waals surface area (Å²) in [4.78, 5) is 24.8. The van der Waals surface area contributed by atoms with Crippen LogP contribution in [0.3, 0.4) is 0 Å². The minimum Gasteiger partial charge on any atom is -0.493 e. The van der Waals surface area contributed by atoms with Crippen LogP contribution < -0.4 is 14.8 Å². The van der Waals surface area contributed by atoms with Crippen LogP contribution in [0.25, 0.3) is 6.08 Å². The lowest BCUT2D eigenvalue weighted by Gasteiger charge is -2.14. The van der Waals surface area contributed by atoms with Crippen molar-refractivity contribution in [3.05, 3.63) is 59.2 Å². The quantitative estimate of drug-likeness (QED) is 0.387. The summed E-state index contributed by atoms with van der Waals surface area (Å²) in [6.07, 6.45) is 0.325. The molecule has 7 heteroatoms. The monoisotopic (exact) mass is 422 g/mol. The smallest absolute Gasteiger partial charge is 0.349 e. The second-order valence-corrected chi connectivity index (χ2v) is 7.10. The van der Waals surface area contributed by atoms with E-state index in [1.807, 2.05) is 30.3 Å². The molecule has 0 spiro atoms. The molecule has 1 amide bonds. The summed E-state index contributed by atoms with van der Waals surface area (Å²) < 4.78 is 15.5. The van der Waals surface area contributed by atoms with E-state index in [4.69, 9.17) is 14.2 Å². The van der Waals surface area contributed by atoms with E-state index in [-0.39, 0.29) is 5.57 Å². The molecule has 0 saturated heterocycles. The van der Waals surface area contributed by atoms with E-state index in [1.165, 1.54) is 27.2 Å². The van der Waals surface area contributed by atoms with Crippen molar-refractivity contribution >= 4 is 23.6 Å². The van der Waals surface area contributed by atoms with Gasteiger partial charge >= 0.3 is 5.97 Å². The Morgan fingerprint density at radius 1 is 1.00 bits per heavy atom. The molecular formula is C24H26N2O5. The molecular weight excluding hydrogens is 396 g/mol. The van der Waals surface area contributed by atoms with Crippen molar-refractivity contribution in [3.8, 4) is 17.6 Å². The number of nitriles is 1. The number of anilines is 1. The molecule has 2 aromatic rings. The largest absolute Gasteiger partial charge is 0.493 e. The fourth-order valence-corrected chi connectivity index (χ4v) is 2.72. The molecule has 2 aromatic carbocycles. The second kappa shape index (κ2) is 10.8. The van der Waals surface area contributed by atoms with Gasteiger partial charge in [0.25, 0.3) is 5.91 Å². The minimum atomic E-state index is -1.11. The first-order valence-electron chi connectivity index (χ1n) is 9.74. The van der Waals surface area contributed by atoms with Crippen LogP contribution in [0.2, 0.25) is 0 Å². The number of carbonyl (C=O) groups excluding carboxylic acids is 2. The van der Waals surface area contributed by atoms with Crippen molar-refractivity contribution in [2.75, 3.05) is 19.5 Å². The molecule has 0 heterocycles. The fraction of sp³-hybridized carbons (Fsp3) is 0.292. The first kappa shape index (κ1) is 23.5. The Labute approximate surface area is 182 Å². The summed E-state index contributed by atoms with van der Waals surface area (Å²) >= 11 is 0. The molecule has 162 valence electrons. The predicted octanol–water partition coefficient (Wildman–Crippen LogP) is 4.30. The molecule has 0 bridgehead atoms. The molecule has 0 aliphatic rings. The maximum absolute atomic E-state index is 12.4. The van der Waals surface area contributed by atoms with Crippen LogP contribution in [0.15, 0.2) is 48.0 Å². The fourth-order valence-electron chi connectivity index (χ4n) is 2.72. The number of esters is 1. The molecule has 2 rings (SSSR count). The highest BCUT2D eigenvalue weighted by Gasteiger charge is 2.21.